The predicted molar refractivity (Wildman–Crippen MR) is 115 cm³/mol. The average Bonchev–Trinajstić information content (AvgIpc) is 3.33. The Hall–Kier alpha value is -2.69. The highest BCUT2D eigenvalue weighted by Gasteiger charge is 2.26. The van der Waals surface area contributed by atoms with Crippen LogP contribution in [0.25, 0.3) is 0 Å². The molecule has 2 heterocycles. The smallest absolute Gasteiger partial charge is 0.322 e. The topological polar surface area (TPSA) is 98.1 Å². The monoisotopic (exact) mass is 465 g/mol. The van der Waals surface area contributed by atoms with Crippen molar-refractivity contribution in [3.63, 3.8) is 0 Å². The van der Waals surface area contributed by atoms with Crippen LogP contribution in [0.5, 0.6) is 11.8 Å². The fraction of sp³-hybridized carbons (Fsp3) is 0.300. The molecule has 31 heavy (non-hydrogen) atoms. The molecule has 0 saturated heterocycles. The standard InChI is InChI=1S/C20H21ClFN5O3S/c1-3-27-19(12(2)26-31(28,29)18-7-5-14(21)10-16(18)22)24-25-20(27)30-15-6-4-13-8-9-23-17(13)11-15/h4-7,10-12,23,26H,3,8-9H2,1-2H3/t12-/m1/s1. The molecule has 0 aliphatic carbocycles. The summed E-state index contributed by atoms with van der Waals surface area (Å²) in [6, 6.07) is 8.58. The van der Waals surface area contributed by atoms with Crippen molar-refractivity contribution >= 4 is 27.3 Å². The molecule has 3 aromatic rings. The van der Waals surface area contributed by atoms with Crippen LogP contribution in [0.1, 0.15) is 31.3 Å². The number of benzene rings is 2. The van der Waals surface area contributed by atoms with Gasteiger partial charge in [-0.15, -0.1) is 5.10 Å². The van der Waals surface area contributed by atoms with Crippen LogP contribution in [0.15, 0.2) is 41.3 Å². The molecule has 4 rings (SSSR count). The molecule has 11 heteroatoms. The minimum atomic E-state index is -4.15. The van der Waals surface area contributed by atoms with Crippen LogP contribution >= 0.6 is 11.6 Å². The average molecular weight is 466 g/mol. The van der Waals surface area contributed by atoms with Crippen molar-refractivity contribution in [3.8, 4) is 11.8 Å². The van der Waals surface area contributed by atoms with Crippen molar-refractivity contribution in [2.75, 3.05) is 11.9 Å². The summed E-state index contributed by atoms with van der Waals surface area (Å²) in [5.41, 5.74) is 2.24. The van der Waals surface area contributed by atoms with E-state index in [1.165, 1.54) is 11.6 Å². The lowest BCUT2D eigenvalue weighted by Crippen LogP contribution is -2.29. The maximum absolute atomic E-state index is 14.1. The molecule has 0 unspecified atom stereocenters. The van der Waals surface area contributed by atoms with Gasteiger partial charge in [0.1, 0.15) is 16.5 Å². The number of hydrogen-bond donors (Lipinski definition) is 2. The van der Waals surface area contributed by atoms with Crippen LogP contribution in [0.2, 0.25) is 5.02 Å². The maximum atomic E-state index is 14.1. The first-order valence-electron chi connectivity index (χ1n) is 9.73. The highest BCUT2D eigenvalue weighted by atomic mass is 35.5. The fourth-order valence-electron chi connectivity index (χ4n) is 3.47. The number of hydrogen-bond acceptors (Lipinski definition) is 6. The number of rotatable bonds is 7. The molecule has 0 bridgehead atoms. The van der Waals surface area contributed by atoms with Gasteiger partial charge in [-0.05, 0) is 50.1 Å². The summed E-state index contributed by atoms with van der Waals surface area (Å²) < 4.78 is 49.4. The third-order valence-electron chi connectivity index (χ3n) is 4.96. The van der Waals surface area contributed by atoms with E-state index in [1.807, 2.05) is 25.1 Å². The Morgan fingerprint density at radius 1 is 1.29 bits per heavy atom. The molecule has 164 valence electrons. The maximum Gasteiger partial charge on any atom is 0.322 e. The number of sulfonamides is 1. The van der Waals surface area contributed by atoms with Crippen LogP contribution in [-0.4, -0.2) is 29.7 Å². The summed E-state index contributed by atoms with van der Waals surface area (Å²) in [5, 5.41) is 11.6. The first kappa shape index (κ1) is 21.5. The van der Waals surface area contributed by atoms with Crippen LogP contribution in [0.3, 0.4) is 0 Å². The van der Waals surface area contributed by atoms with E-state index in [-0.39, 0.29) is 11.0 Å². The molecular weight excluding hydrogens is 445 g/mol. The van der Waals surface area contributed by atoms with Gasteiger partial charge in [-0.2, -0.15) is 0 Å². The van der Waals surface area contributed by atoms with E-state index in [1.54, 1.807) is 11.5 Å². The van der Waals surface area contributed by atoms with Crippen molar-refractivity contribution in [2.45, 2.75) is 37.8 Å². The Bertz CT molecular complexity index is 1230. The Kier molecular flexibility index (Phi) is 5.87. The molecule has 2 aromatic carbocycles. The van der Waals surface area contributed by atoms with E-state index in [0.717, 1.165) is 30.8 Å². The molecule has 0 radical (unpaired) electrons. The predicted octanol–water partition coefficient (Wildman–Crippen LogP) is 3.89. The normalized spacial score (nSPS) is 14.2. The summed E-state index contributed by atoms with van der Waals surface area (Å²) in [6.45, 7) is 4.80. The van der Waals surface area contributed by atoms with E-state index in [4.69, 9.17) is 16.3 Å². The van der Waals surface area contributed by atoms with Crippen molar-refractivity contribution in [3.05, 3.63) is 58.6 Å². The van der Waals surface area contributed by atoms with Gasteiger partial charge in [0.05, 0.1) is 6.04 Å². The van der Waals surface area contributed by atoms with Crippen LogP contribution in [0.4, 0.5) is 10.1 Å². The lowest BCUT2D eigenvalue weighted by Gasteiger charge is -2.16. The summed E-state index contributed by atoms with van der Waals surface area (Å²) in [6.07, 6.45) is 0.969. The zero-order valence-corrected chi connectivity index (χ0v) is 18.5. The molecule has 8 nitrogen and oxygen atoms in total. The Balaban J connectivity index is 1.56. The minimum Gasteiger partial charge on any atom is -0.424 e. The summed E-state index contributed by atoms with van der Waals surface area (Å²) >= 11 is 5.71. The SMILES string of the molecule is CCn1c(Oc2ccc3c(c2)NCC3)nnc1[C@@H](C)NS(=O)(=O)c1ccc(Cl)cc1F. The Labute approximate surface area is 184 Å². The number of nitrogens with zero attached hydrogens (tertiary/aromatic N) is 3. The number of fused-ring (bicyclic) bond motifs is 1. The highest BCUT2D eigenvalue weighted by Crippen LogP contribution is 2.30. The number of ether oxygens (including phenoxy) is 1. The number of nitrogens with one attached hydrogen (secondary N) is 2. The third kappa shape index (κ3) is 4.36. The number of halogens is 2. The van der Waals surface area contributed by atoms with Gasteiger partial charge in [-0.25, -0.2) is 17.5 Å². The zero-order chi connectivity index (χ0) is 22.2. The molecule has 2 N–H and O–H groups in total. The van der Waals surface area contributed by atoms with E-state index in [2.05, 4.69) is 20.2 Å². The molecular formula is C20H21ClFN5O3S. The molecule has 1 aliphatic rings. The molecule has 0 amide bonds. The van der Waals surface area contributed by atoms with Gasteiger partial charge in [0.2, 0.25) is 10.0 Å². The second-order valence-corrected chi connectivity index (χ2v) is 9.22. The first-order valence-corrected chi connectivity index (χ1v) is 11.6. The van der Waals surface area contributed by atoms with Crippen molar-refractivity contribution in [1.29, 1.82) is 0 Å². The van der Waals surface area contributed by atoms with E-state index >= 15 is 0 Å². The van der Waals surface area contributed by atoms with Gasteiger partial charge in [0.25, 0.3) is 0 Å². The van der Waals surface area contributed by atoms with E-state index in [9.17, 15) is 12.8 Å². The van der Waals surface area contributed by atoms with Crippen molar-refractivity contribution in [1.82, 2.24) is 19.5 Å². The second-order valence-electron chi connectivity index (χ2n) is 7.10. The molecule has 0 fully saturated rings. The summed E-state index contributed by atoms with van der Waals surface area (Å²) in [7, 11) is -4.15. The van der Waals surface area contributed by atoms with Gasteiger partial charge in [-0.1, -0.05) is 22.8 Å². The van der Waals surface area contributed by atoms with Crippen molar-refractivity contribution in [2.24, 2.45) is 0 Å². The Morgan fingerprint density at radius 2 is 2.10 bits per heavy atom. The van der Waals surface area contributed by atoms with Crippen LogP contribution in [-0.2, 0) is 23.0 Å². The second kappa shape index (κ2) is 8.45. The highest BCUT2D eigenvalue weighted by molar-refractivity contribution is 7.89. The zero-order valence-electron chi connectivity index (χ0n) is 16.9. The fourth-order valence-corrected chi connectivity index (χ4v) is 4.89. The van der Waals surface area contributed by atoms with Gasteiger partial charge in [-0.3, -0.25) is 4.57 Å². The first-order chi connectivity index (χ1) is 14.8. The van der Waals surface area contributed by atoms with E-state index in [0.29, 0.717) is 18.1 Å². The quantitative estimate of drug-likeness (QED) is 0.549. The minimum absolute atomic E-state index is 0.110. The largest absolute Gasteiger partial charge is 0.424 e. The molecule has 0 saturated carbocycles. The number of anilines is 1. The van der Waals surface area contributed by atoms with Crippen LogP contribution < -0.4 is 14.8 Å². The molecule has 1 aromatic heterocycles. The van der Waals surface area contributed by atoms with Gasteiger partial charge < -0.3 is 10.1 Å². The number of aromatic nitrogens is 3. The Morgan fingerprint density at radius 3 is 2.84 bits per heavy atom. The lowest BCUT2D eigenvalue weighted by atomic mass is 10.2. The lowest BCUT2D eigenvalue weighted by molar-refractivity contribution is 0.408. The molecule has 1 atom stereocenters. The van der Waals surface area contributed by atoms with E-state index < -0.39 is 26.8 Å². The van der Waals surface area contributed by atoms with Crippen LogP contribution in [0, 0.1) is 5.82 Å². The summed E-state index contributed by atoms with van der Waals surface area (Å²) in [5.74, 6) is 0.00593. The third-order valence-corrected chi connectivity index (χ3v) is 6.77. The van der Waals surface area contributed by atoms with Gasteiger partial charge >= 0.3 is 6.01 Å². The molecule has 0 spiro atoms. The van der Waals surface area contributed by atoms with Gasteiger partial charge in [0, 0.05) is 29.9 Å². The van der Waals surface area contributed by atoms with Gasteiger partial charge in [0.15, 0.2) is 5.82 Å². The van der Waals surface area contributed by atoms with Crippen molar-refractivity contribution < 1.29 is 17.5 Å². The molecule has 1 aliphatic heterocycles. The summed E-state index contributed by atoms with van der Waals surface area (Å²) in [4.78, 5) is -0.492.